The summed E-state index contributed by atoms with van der Waals surface area (Å²) in [5, 5.41) is 27.8. The number of hydrogen-bond acceptors (Lipinski definition) is 10. The van der Waals surface area contributed by atoms with Gasteiger partial charge in [0.2, 0.25) is 0 Å². The number of fused-ring (bicyclic) bond motifs is 2. The lowest BCUT2D eigenvalue weighted by atomic mass is 9.79. The van der Waals surface area contributed by atoms with Gasteiger partial charge >= 0.3 is 18.9 Å². The topological polar surface area (TPSA) is 184 Å². The second-order valence-corrected chi connectivity index (χ2v) is 11.4. The molecule has 43 heavy (non-hydrogen) atoms. The molecule has 0 fully saturated rings. The SMILES string of the molecule is O=C(N/N=C/c1cc(/C=N/NC(=O)c2cc(=O)c3cc(I)ccc3o2)cc(B(O)O)c1)c1cc(=O)c2cc(I)ccc2o1. The lowest BCUT2D eigenvalue weighted by Gasteiger charge is -2.05. The van der Waals surface area contributed by atoms with Crippen molar-refractivity contribution < 1.29 is 28.5 Å². The molecule has 2 heterocycles. The van der Waals surface area contributed by atoms with Crippen molar-refractivity contribution in [1.29, 1.82) is 0 Å². The molecule has 0 unspecified atom stereocenters. The zero-order valence-electron chi connectivity index (χ0n) is 21.6. The molecule has 12 nitrogen and oxygen atoms in total. The van der Waals surface area contributed by atoms with Gasteiger partial charge in [-0.05, 0) is 104 Å². The van der Waals surface area contributed by atoms with Gasteiger partial charge in [0, 0.05) is 19.3 Å². The number of hydrazone groups is 2. The Morgan fingerprint density at radius 2 is 1.14 bits per heavy atom. The first-order valence-electron chi connectivity index (χ1n) is 12.2. The van der Waals surface area contributed by atoms with Crippen LogP contribution in [0.4, 0.5) is 0 Å². The maximum absolute atomic E-state index is 12.5. The maximum atomic E-state index is 12.5. The molecule has 2 amide bonds. The number of rotatable bonds is 7. The van der Waals surface area contributed by atoms with Crippen molar-refractivity contribution in [1.82, 2.24) is 10.9 Å². The number of benzene rings is 3. The van der Waals surface area contributed by atoms with E-state index in [0.29, 0.717) is 21.9 Å². The standard InChI is InChI=1S/C28H17BI2N4O8/c30-17-1-3-23-19(8-17)21(36)10-25(42-23)27(38)34-32-12-14-5-15(7-16(6-14)29(40)41)13-33-35-28(39)26-11-22(37)20-9-18(31)2-4-24(20)43-26/h1-13,40-41H,(H,34,38)(H,35,39)/b32-12+,33-13+. The summed E-state index contributed by atoms with van der Waals surface area (Å²) in [6.45, 7) is 0. The summed E-state index contributed by atoms with van der Waals surface area (Å²) in [6, 6.07) is 16.4. The minimum atomic E-state index is -1.84. The first kappa shape index (κ1) is 30.3. The van der Waals surface area contributed by atoms with E-state index in [1.165, 1.54) is 30.6 Å². The third kappa shape index (κ3) is 7.24. The monoisotopic (exact) mass is 802 g/mol. The molecule has 0 atom stereocenters. The summed E-state index contributed by atoms with van der Waals surface area (Å²) in [4.78, 5) is 49.9. The Bertz CT molecular complexity index is 1950. The fraction of sp³-hybridized carbons (Fsp3) is 0. The van der Waals surface area contributed by atoms with E-state index in [4.69, 9.17) is 8.83 Å². The fourth-order valence-electron chi connectivity index (χ4n) is 3.92. The van der Waals surface area contributed by atoms with Gasteiger partial charge in [0.25, 0.3) is 0 Å². The maximum Gasteiger partial charge on any atom is 0.488 e. The first-order chi connectivity index (χ1) is 20.6. The van der Waals surface area contributed by atoms with Gasteiger partial charge in [-0.25, -0.2) is 10.9 Å². The molecule has 0 aliphatic heterocycles. The Kier molecular flexibility index (Phi) is 9.14. The van der Waals surface area contributed by atoms with E-state index >= 15 is 0 Å². The average Bonchev–Trinajstić information content (AvgIpc) is 2.97. The van der Waals surface area contributed by atoms with Crippen molar-refractivity contribution in [2.75, 3.05) is 0 Å². The van der Waals surface area contributed by atoms with Crippen molar-refractivity contribution in [2.45, 2.75) is 0 Å². The first-order valence-corrected chi connectivity index (χ1v) is 14.4. The van der Waals surface area contributed by atoms with E-state index in [9.17, 15) is 29.2 Å². The predicted octanol–water partition coefficient (Wildman–Crippen LogP) is 2.32. The Labute approximate surface area is 268 Å². The zero-order valence-corrected chi connectivity index (χ0v) is 25.9. The molecule has 5 rings (SSSR count). The number of carbonyl (C=O) groups excluding carboxylic acids is 2. The molecule has 3 aromatic carbocycles. The van der Waals surface area contributed by atoms with Gasteiger partial charge in [-0.15, -0.1) is 0 Å². The lowest BCUT2D eigenvalue weighted by molar-refractivity contribution is 0.0921. The number of nitrogens with zero attached hydrogens (tertiary/aromatic N) is 2. The molecular formula is C28H17BI2N4O8. The van der Waals surface area contributed by atoms with E-state index in [2.05, 4.69) is 66.2 Å². The third-order valence-electron chi connectivity index (χ3n) is 5.88. The molecule has 5 aromatic rings. The number of nitrogens with one attached hydrogen (secondary N) is 2. The molecule has 4 N–H and O–H groups in total. The van der Waals surface area contributed by atoms with Crippen LogP contribution in [0.1, 0.15) is 32.2 Å². The summed E-state index contributed by atoms with van der Waals surface area (Å²) >= 11 is 4.13. The fourth-order valence-corrected chi connectivity index (χ4v) is 4.90. The largest absolute Gasteiger partial charge is 0.488 e. The van der Waals surface area contributed by atoms with Crippen LogP contribution in [-0.2, 0) is 0 Å². The number of amides is 2. The van der Waals surface area contributed by atoms with Crippen LogP contribution in [0.3, 0.4) is 0 Å². The average molecular weight is 802 g/mol. The van der Waals surface area contributed by atoms with Gasteiger partial charge < -0.3 is 18.9 Å². The molecule has 0 saturated heterocycles. The third-order valence-corrected chi connectivity index (χ3v) is 7.23. The van der Waals surface area contributed by atoms with E-state index in [1.54, 1.807) is 36.4 Å². The number of hydrogen-bond donors (Lipinski definition) is 4. The molecule has 15 heteroatoms. The minimum absolute atomic E-state index is 0.0772. The summed E-state index contributed by atoms with van der Waals surface area (Å²) < 4.78 is 12.7. The van der Waals surface area contributed by atoms with Gasteiger partial charge in [-0.3, -0.25) is 19.2 Å². The Morgan fingerprint density at radius 3 is 1.56 bits per heavy atom. The van der Waals surface area contributed by atoms with Crippen molar-refractivity contribution >= 4 is 104 Å². The van der Waals surface area contributed by atoms with Gasteiger partial charge in [0.15, 0.2) is 22.4 Å². The van der Waals surface area contributed by atoms with Crippen LogP contribution in [0.15, 0.2) is 95.4 Å². The van der Waals surface area contributed by atoms with Gasteiger partial charge in [-0.2, -0.15) is 10.2 Å². The van der Waals surface area contributed by atoms with Crippen LogP contribution in [0.5, 0.6) is 0 Å². The van der Waals surface area contributed by atoms with Crippen molar-refractivity contribution in [2.24, 2.45) is 10.2 Å². The quantitative estimate of drug-likeness (QED) is 0.0837. The van der Waals surface area contributed by atoms with E-state index in [-0.39, 0.29) is 39.0 Å². The van der Waals surface area contributed by atoms with Gasteiger partial charge in [0.1, 0.15) is 11.2 Å². The highest BCUT2D eigenvalue weighted by atomic mass is 127. The molecule has 0 saturated carbocycles. The number of carbonyl (C=O) groups is 2. The zero-order chi connectivity index (χ0) is 30.7. The second kappa shape index (κ2) is 13.0. The molecule has 0 aliphatic carbocycles. The molecule has 0 aliphatic rings. The number of halogens is 2. The van der Waals surface area contributed by atoms with Crippen LogP contribution in [0, 0.1) is 7.14 Å². The Morgan fingerprint density at radius 1 is 0.698 bits per heavy atom. The summed E-state index contributed by atoms with van der Waals surface area (Å²) in [5.41, 5.74) is 5.01. The summed E-state index contributed by atoms with van der Waals surface area (Å²) in [7, 11) is -1.84. The highest BCUT2D eigenvalue weighted by Crippen LogP contribution is 2.17. The smallest absolute Gasteiger partial charge is 0.451 e. The molecular weight excluding hydrogens is 785 g/mol. The minimum Gasteiger partial charge on any atom is -0.451 e. The van der Waals surface area contributed by atoms with E-state index < -0.39 is 18.9 Å². The molecule has 0 spiro atoms. The van der Waals surface area contributed by atoms with Crippen LogP contribution in [-0.4, -0.2) is 41.4 Å². The molecule has 214 valence electrons. The highest BCUT2D eigenvalue weighted by Gasteiger charge is 2.15. The van der Waals surface area contributed by atoms with E-state index in [1.807, 2.05) is 0 Å². The van der Waals surface area contributed by atoms with Crippen LogP contribution < -0.4 is 27.2 Å². The van der Waals surface area contributed by atoms with Gasteiger partial charge in [0.05, 0.1) is 23.2 Å². The van der Waals surface area contributed by atoms with Crippen LogP contribution >= 0.6 is 45.2 Å². The summed E-state index contributed by atoms with van der Waals surface area (Å²) in [5.74, 6) is -2.02. The highest BCUT2D eigenvalue weighted by molar-refractivity contribution is 14.1. The second-order valence-electron chi connectivity index (χ2n) is 8.94. The van der Waals surface area contributed by atoms with Crippen molar-refractivity contribution in [3.63, 3.8) is 0 Å². The molecule has 2 aromatic heterocycles. The Balaban J connectivity index is 1.30. The summed E-state index contributed by atoms with van der Waals surface area (Å²) in [6.07, 6.45) is 2.46. The van der Waals surface area contributed by atoms with Crippen LogP contribution in [0.2, 0.25) is 0 Å². The van der Waals surface area contributed by atoms with E-state index in [0.717, 1.165) is 19.3 Å². The predicted molar refractivity (Wildman–Crippen MR) is 177 cm³/mol. The Hall–Kier alpha value is -4.20. The van der Waals surface area contributed by atoms with Crippen molar-refractivity contribution in [3.05, 3.63) is 117 Å². The molecule has 0 radical (unpaired) electrons. The normalized spacial score (nSPS) is 11.4. The van der Waals surface area contributed by atoms with Gasteiger partial charge in [-0.1, -0.05) is 12.1 Å². The van der Waals surface area contributed by atoms with Crippen molar-refractivity contribution in [3.8, 4) is 0 Å². The van der Waals surface area contributed by atoms with Crippen LogP contribution in [0.25, 0.3) is 21.9 Å². The lowest BCUT2D eigenvalue weighted by Crippen LogP contribution is -2.30. The molecule has 0 bridgehead atoms.